The lowest BCUT2D eigenvalue weighted by molar-refractivity contribution is -0.129. The molecule has 3 aromatic heterocycles. The van der Waals surface area contributed by atoms with Crippen molar-refractivity contribution < 1.29 is 9.59 Å². The van der Waals surface area contributed by atoms with Crippen molar-refractivity contribution in [3.63, 3.8) is 0 Å². The van der Waals surface area contributed by atoms with Gasteiger partial charge in [0.1, 0.15) is 17.0 Å². The summed E-state index contributed by atoms with van der Waals surface area (Å²) in [6.45, 7) is 7.52. The third kappa shape index (κ3) is 4.37. The van der Waals surface area contributed by atoms with E-state index in [1.807, 2.05) is 39.1 Å². The topological polar surface area (TPSA) is 95.2 Å². The average Bonchev–Trinajstić information content (AvgIpc) is 3.62. The van der Waals surface area contributed by atoms with Gasteiger partial charge in [0.05, 0.1) is 16.4 Å². The number of fused-ring (bicyclic) bond motifs is 6. The summed E-state index contributed by atoms with van der Waals surface area (Å²) in [7, 11) is 1.91. The van der Waals surface area contributed by atoms with Gasteiger partial charge >= 0.3 is 0 Å². The molecule has 2 aromatic carbocycles. The molecule has 0 bridgehead atoms. The van der Waals surface area contributed by atoms with Crippen molar-refractivity contribution in [2.24, 2.45) is 7.05 Å². The summed E-state index contributed by atoms with van der Waals surface area (Å²) < 4.78 is 3.92. The van der Waals surface area contributed by atoms with Crippen LogP contribution in [0.5, 0.6) is 0 Å². The highest BCUT2D eigenvalue weighted by molar-refractivity contribution is 6.07. The zero-order chi connectivity index (χ0) is 29.0. The molecule has 0 unspecified atom stereocenters. The minimum absolute atomic E-state index is 0.0728. The molecule has 2 amide bonds. The van der Waals surface area contributed by atoms with Gasteiger partial charge in [0.15, 0.2) is 5.65 Å². The fourth-order valence-electron chi connectivity index (χ4n) is 6.61. The molecule has 2 aliphatic heterocycles. The van der Waals surface area contributed by atoms with Crippen LogP contribution in [0.25, 0.3) is 38.5 Å². The van der Waals surface area contributed by atoms with Crippen LogP contribution in [0.2, 0.25) is 0 Å². The highest BCUT2D eigenvalue weighted by Crippen LogP contribution is 2.30. The summed E-state index contributed by atoms with van der Waals surface area (Å²) in [4.78, 5) is 51.1. The van der Waals surface area contributed by atoms with Gasteiger partial charge < -0.3 is 24.6 Å². The third-order valence-corrected chi connectivity index (χ3v) is 8.93. The summed E-state index contributed by atoms with van der Waals surface area (Å²) in [5, 5.41) is 5.59. The molecule has 0 aliphatic carbocycles. The second-order valence-electron chi connectivity index (χ2n) is 11.4. The number of benzene rings is 2. The smallest absolute Gasteiger partial charge is 0.259 e. The van der Waals surface area contributed by atoms with E-state index in [-0.39, 0.29) is 22.8 Å². The molecule has 10 nitrogen and oxygen atoms in total. The van der Waals surface area contributed by atoms with Crippen LogP contribution < -0.4 is 15.6 Å². The molecule has 5 aromatic rings. The van der Waals surface area contributed by atoms with E-state index in [0.717, 1.165) is 47.3 Å². The Kier molecular flexibility index (Phi) is 6.57. The number of anilines is 1. The summed E-state index contributed by atoms with van der Waals surface area (Å²) in [6.07, 6.45) is 2.37. The number of nitrogens with zero attached hydrogens (tertiary/aromatic N) is 6. The quantitative estimate of drug-likeness (QED) is 0.352. The Morgan fingerprint density at radius 3 is 2.29 bits per heavy atom. The van der Waals surface area contributed by atoms with E-state index in [9.17, 15) is 14.4 Å². The highest BCUT2D eigenvalue weighted by Gasteiger charge is 2.26. The maximum absolute atomic E-state index is 14.1. The molecule has 0 spiro atoms. The maximum atomic E-state index is 14.1. The third-order valence-electron chi connectivity index (χ3n) is 8.93. The standard InChI is InChI=1S/C32H35N7O3/c1-21(40)37-15-17-38(18-16-37)27-10-9-24-29(41)28(31(42)33-11-14-36-12-5-6-13-36)32-35(2)25-19-22-7-3-4-8-23(22)20-26(25)39(32)30(24)34-27/h3-4,7-10,19-20H,5-6,11-18H2,1-2H3,(H,33,42). The Morgan fingerprint density at radius 1 is 0.905 bits per heavy atom. The molecule has 1 N–H and O–H groups in total. The number of aryl methyl sites for hydroxylation is 1. The number of pyridine rings is 2. The van der Waals surface area contributed by atoms with Crippen LogP contribution in [0, 0.1) is 0 Å². The van der Waals surface area contributed by atoms with E-state index in [1.165, 1.54) is 12.8 Å². The van der Waals surface area contributed by atoms with Gasteiger partial charge in [-0.1, -0.05) is 24.3 Å². The predicted molar refractivity (Wildman–Crippen MR) is 165 cm³/mol. The number of carbonyl (C=O) groups excluding carboxylic acids is 2. The number of piperazine rings is 1. The molecular weight excluding hydrogens is 530 g/mol. The molecule has 2 saturated heterocycles. The molecule has 10 heteroatoms. The molecule has 2 fully saturated rings. The van der Waals surface area contributed by atoms with Gasteiger partial charge in [-0.25, -0.2) is 4.98 Å². The van der Waals surface area contributed by atoms with Crippen LogP contribution in [0.3, 0.4) is 0 Å². The first kappa shape index (κ1) is 26.5. The van der Waals surface area contributed by atoms with Gasteiger partial charge in [-0.2, -0.15) is 0 Å². The first-order chi connectivity index (χ1) is 20.4. The van der Waals surface area contributed by atoms with Crippen molar-refractivity contribution in [1.29, 1.82) is 0 Å². The van der Waals surface area contributed by atoms with Gasteiger partial charge in [-0.05, 0) is 61.0 Å². The van der Waals surface area contributed by atoms with E-state index in [4.69, 9.17) is 4.98 Å². The Hall–Kier alpha value is -4.44. The Balaban J connectivity index is 1.40. The minimum Gasteiger partial charge on any atom is -0.353 e. The fourth-order valence-corrected chi connectivity index (χ4v) is 6.61. The van der Waals surface area contributed by atoms with Gasteiger partial charge in [0.25, 0.3) is 5.91 Å². The van der Waals surface area contributed by atoms with Gasteiger partial charge in [0, 0.05) is 53.2 Å². The van der Waals surface area contributed by atoms with Crippen molar-refractivity contribution in [3.05, 3.63) is 64.3 Å². The van der Waals surface area contributed by atoms with E-state index in [0.29, 0.717) is 49.4 Å². The van der Waals surface area contributed by atoms with Gasteiger partial charge in [0.2, 0.25) is 11.3 Å². The maximum Gasteiger partial charge on any atom is 0.259 e. The van der Waals surface area contributed by atoms with Crippen molar-refractivity contribution >= 4 is 56.1 Å². The summed E-state index contributed by atoms with van der Waals surface area (Å²) in [5.41, 5.74) is 2.66. The van der Waals surface area contributed by atoms with Crippen LogP contribution in [0.1, 0.15) is 30.1 Å². The first-order valence-electron chi connectivity index (χ1n) is 14.8. The number of hydrogen-bond acceptors (Lipinski definition) is 6. The Labute approximate surface area is 243 Å². The van der Waals surface area contributed by atoms with Crippen molar-refractivity contribution in [3.8, 4) is 0 Å². The molecule has 42 heavy (non-hydrogen) atoms. The lowest BCUT2D eigenvalue weighted by Gasteiger charge is -2.35. The molecule has 5 heterocycles. The Morgan fingerprint density at radius 2 is 1.60 bits per heavy atom. The van der Waals surface area contributed by atoms with Gasteiger partial charge in [-0.15, -0.1) is 0 Å². The fraction of sp³-hybridized carbons (Fsp3) is 0.375. The van der Waals surface area contributed by atoms with E-state index < -0.39 is 0 Å². The summed E-state index contributed by atoms with van der Waals surface area (Å²) in [5.74, 6) is 0.460. The normalized spacial score (nSPS) is 16.3. The lowest BCUT2D eigenvalue weighted by atomic mass is 10.1. The van der Waals surface area contributed by atoms with Crippen molar-refractivity contribution in [2.45, 2.75) is 19.8 Å². The van der Waals surface area contributed by atoms with E-state index >= 15 is 0 Å². The molecule has 216 valence electrons. The van der Waals surface area contributed by atoms with Gasteiger partial charge in [-0.3, -0.25) is 18.8 Å². The molecule has 7 rings (SSSR count). The van der Waals surface area contributed by atoms with Crippen LogP contribution in [-0.2, 0) is 11.8 Å². The second kappa shape index (κ2) is 10.4. The van der Waals surface area contributed by atoms with E-state index in [2.05, 4.69) is 39.4 Å². The Bertz CT molecular complexity index is 1930. The highest BCUT2D eigenvalue weighted by atomic mass is 16.2. The monoisotopic (exact) mass is 565 g/mol. The molecule has 0 radical (unpaired) electrons. The summed E-state index contributed by atoms with van der Waals surface area (Å²) >= 11 is 0. The number of rotatable bonds is 5. The second-order valence-corrected chi connectivity index (χ2v) is 11.4. The first-order valence-corrected chi connectivity index (χ1v) is 14.8. The lowest BCUT2D eigenvalue weighted by Crippen LogP contribution is -2.48. The summed E-state index contributed by atoms with van der Waals surface area (Å²) in [6, 6.07) is 16.0. The van der Waals surface area contributed by atoms with Crippen molar-refractivity contribution in [1.82, 2.24) is 29.1 Å². The van der Waals surface area contributed by atoms with E-state index in [1.54, 1.807) is 13.0 Å². The number of hydrogen-bond donors (Lipinski definition) is 1. The number of aromatic nitrogens is 3. The number of imidazole rings is 1. The number of amides is 2. The van der Waals surface area contributed by atoms with Crippen molar-refractivity contribution in [2.75, 3.05) is 57.3 Å². The van der Waals surface area contributed by atoms with Crippen LogP contribution >= 0.6 is 0 Å². The zero-order valence-electron chi connectivity index (χ0n) is 24.1. The minimum atomic E-state index is -0.363. The molecular formula is C32H35N7O3. The van der Waals surface area contributed by atoms with Crippen LogP contribution in [0.4, 0.5) is 5.82 Å². The number of likely N-dealkylation sites (tertiary alicyclic amines) is 1. The van der Waals surface area contributed by atoms with Crippen LogP contribution in [-0.4, -0.2) is 87.9 Å². The number of nitrogens with one attached hydrogen (secondary N) is 1. The zero-order valence-corrected chi connectivity index (χ0v) is 24.1. The molecule has 2 aliphatic rings. The number of carbonyl (C=O) groups is 2. The average molecular weight is 566 g/mol. The predicted octanol–water partition coefficient (Wildman–Crippen LogP) is 2.99. The SMILES string of the molecule is CC(=O)N1CCN(c2ccc3c(=O)c(C(=O)NCCN4CCCC4)c4n(C)c5cc6ccccc6cc5n4c3n2)CC1. The molecule has 0 atom stereocenters. The molecule has 0 saturated carbocycles. The largest absolute Gasteiger partial charge is 0.353 e. The van der Waals surface area contributed by atoms with Crippen LogP contribution in [0.15, 0.2) is 53.3 Å².